The second-order valence-corrected chi connectivity index (χ2v) is 5.62. The Morgan fingerprint density at radius 3 is 2.46 bits per heavy atom. The molecule has 1 atom stereocenters. The summed E-state index contributed by atoms with van der Waals surface area (Å²) in [7, 11) is 1.72. The van der Waals surface area contributed by atoms with Gasteiger partial charge in [-0.05, 0) is 38.1 Å². The van der Waals surface area contributed by atoms with Crippen LogP contribution in [0.3, 0.4) is 0 Å². The number of rotatable bonds is 5. The summed E-state index contributed by atoms with van der Waals surface area (Å²) in [6, 6.07) is 13.7. The van der Waals surface area contributed by atoms with Crippen LogP contribution < -0.4 is 5.32 Å². The van der Waals surface area contributed by atoms with Crippen molar-refractivity contribution < 1.29 is 14.7 Å². The lowest BCUT2D eigenvalue weighted by atomic mass is 10.1. The number of nitrogens with zero attached hydrogens (tertiary/aromatic N) is 1. The van der Waals surface area contributed by atoms with Crippen LogP contribution in [-0.2, 0) is 0 Å². The first kappa shape index (κ1) is 17.7. The molecular weight excluding hydrogens is 304 g/mol. The molecule has 0 aliphatic carbocycles. The Labute approximate surface area is 141 Å². The van der Waals surface area contributed by atoms with E-state index in [0.717, 1.165) is 0 Å². The second-order valence-electron chi connectivity index (χ2n) is 5.62. The van der Waals surface area contributed by atoms with E-state index in [2.05, 4.69) is 5.32 Å². The number of amides is 2. The van der Waals surface area contributed by atoms with Gasteiger partial charge in [-0.3, -0.25) is 9.59 Å². The molecule has 2 amide bonds. The van der Waals surface area contributed by atoms with Crippen molar-refractivity contribution in [2.45, 2.75) is 20.0 Å². The second kappa shape index (κ2) is 7.75. The summed E-state index contributed by atoms with van der Waals surface area (Å²) in [6.45, 7) is 4.13. The first-order valence-corrected chi connectivity index (χ1v) is 7.88. The molecule has 2 N–H and O–H groups in total. The lowest BCUT2D eigenvalue weighted by Crippen LogP contribution is -2.26. The van der Waals surface area contributed by atoms with E-state index in [4.69, 9.17) is 0 Å². The summed E-state index contributed by atoms with van der Waals surface area (Å²) in [5.41, 5.74) is 2.06. The van der Waals surface area contributed by atoms with Crippen molar-refractivity contribution in [3.63, 3.8) is 0 Å². The van der Waals surface area contributed by atoms with Crippen LogP contribution in [0.2, 0.25) is 0 Å². The van der Waals surface area contributed by atoms with Gasteiger partial charge in [0, 0.05) is 36.0 Å². The summed E-state index contributed by atoms with van der Waals surface area (Å²) >= 11 is 0. The molecule has 0 aliphatic heterocycles. The number of aliphatic hydroxyl groups is 1. The smallest absolute Gasteiger partial charge is 0.255 e. The minimum absolute atomic E-state index is 0.128. The van der Waals surface area contributed by atoms with E-state index in [1.54, 1.807) is 67.4 Å². The highest BCUT2D eigenvalue weighted by atomic mass is 16.3. The molecule has 0 fully saturated rings. The Kier molecular flexibility index (Phi) is 5.71. The van der Waals surface area contributed by atoms with Crippen LogP contribution in [0.25, 0.3) is 0 Å². The van der Waals surface area contributed by atoms with Crippen molar-refractivity contribution in [1.29, 1.82) is 0 Å². The van der Waals surface area contributed by atoms with E-state index < -0.39 is 6.10 Å². The average molecular weight is 326 g/mol. The van der Waals surface area contributed by atoms with Gasteiger partial charge in [0.1, 0.15) is 0 Å². The summed E-state index contributed by atoms with van der Waals surface area (Å²) in [5.74, 6) is -0.451. The van der Waals surface area contributed by atoms with Gasteiger partial charge in [-0.25, -0.2) is 0 Å². The fraction of sp³-hybridized carbons (Fsp3) is 0.263. The molecule has 1 unspecified atom stereocenters. The van der Waals surface area contributed by atoms with E-state index in [9.17, 15) is 14.7 Å². The predicted octanol–water partition coefficient (Wildman–Crippen LogP) is 3.08. The minimum Gasteiger partial charge on any atom is -0.389 e. The van der Waals surface area contributed by atoms with Gasteiger partial charge in [-0.15, -0.1) is 0 Å². The standard InChI is InChI=1S/C19H22N2O3/c1-4-21(3)19(24)15-9-7-8-14(12-15)18(23)20-17-11-6-5-10-16(17)13(2)22/h5-13,22H,4H2,1-3H3,(H,20,23). The Bertz CT molecular complexity index is 741. The summed E-state index contributed by atoms with van der Waals surface area (Å²) < 4.78 is 0. The van der Waals surface area contributed by atoms with Crippen molar-refractivity contribution in [3.05, 3.63) is 65.2 Å². The van der Waals surface area contributed by atoms with E-state index >= 15 is 0 Å². The molecule has 0 aromatic heterocycles. The number of aliphatic hydroxyl groups excluding tert-OH is 1. The maximum atomic E-state index is 12.5. The molecule has 0 heterocycles. The van der Waals surface area contributed by atoms with Crippen LogP contribution in [-0.4, -0.2) is 35.4 Å². The summed E-state index contributed by atoms with van der Waals surface area (Å²) in [5, 5.41) is 12.6. The lowest BCUT2D eigenvalue weighted by Gasteiger charge is -2.15. The van der Waals surface area contributed by atoms with Gasteiger partial charge in [0.15, 0.2) is 0 Å². The largest absolute Gasteiger partial charge is 0.389 e. The number of carbonyl (C=O) groups excluding carboxylic acids is 2. The minimum atomic E-state index is -0.687. The van der Waals surface area contributed by atoms with Gasteiger partial charge in [0.05, 0.1) is 6.10 Å². The van der Waals surface area contributed by atoms with Crippen LogP contribution in [0, 0.1) is 0 Å². The molecular formula is C19H22N2O3. The zero-order valence-corrected chi connectivity index (χ0v) is 14.1. The van der Waals surface area contributed by atoms with Gasteiger partial charge in [0.2, 0.25) is 0 Å². The van der Waals surface area contributed by atoms with Crippen molar-refractivity contribution in [2.75, 3.05) is 18.9 Å². The summed E-state index contributed by atoms with van der Waals surface area (Å²) in [4.78, 5) is 26.3. The van der Waals surface area contributed by atoms with Crippen molar-refractivity contribution in [2.24, 2.45) is 0 Å². The fourth-order valence-corrected chi connectivity index (χ4v) is 2.33. The predicted molar refractivity (Wildman–Crippen MR) is 94.1 cm³/mol. The van der Waals surface area contributed by atoms with Crippen LogP contribution in [0.15, 0.2) is 48.5 Å². The van der Waals surface area contributed by atoms with E-state index in [1.165, 1.54) is 0 Å². The van der Waals surface area contributed by atoms with E-state index in [-0.39, 0.29) is 11.8 Å². The van der Waals surface area contributed by atoms with Gasteiger partial charge in [0.25, 0.3) is 11.8 Å². The van der Waals surface area contributed by atoms with Gasteiger partial charge in [-0.2, -0.15) is 0 Å². The highest BCUT2D eigenvalue weighted by Crippen LogP contribution is 2.23. The topological polar surface area (TPSA) is 69.6 Å². The Hall–Kier alpha value is -2.66. The molecule has 2 rings (SSSR count). The Morgan fingerprint density at radius 1 is 1.12 bits per heavy atom. The van der Waals surface area contributed by atoms with Crippen molar-refractivity contribution in [3.8, 4) is 0 Å². The number of benzene rings is 2. The van der Waals surface area contributed by atoms with Crippen LogP contribution >= 0.6 is 0 Å². The zero-order valence-electron chi connectivity index (χ0n) is 14.1. The molecule has 2 aromatic carbocycles. The number of carbonyl (C=O) groups is 2. The van der Waals surface area contributed by atoms with Crippen LogP contribution in [0.5, 0.6) is 0 Å². The number of nitrogens with one attached hydrogen (secondary N) is 1. The normalized spacial score (nSPS) is 11.7. The third-order valence-electron chi connectivity index (χ3n) is 3.85. The van der Waals surface area contributed by atoms with Crippen LogP contribution in [0.1, 0.15) is 46.2 Å². The first-order chi connectivity index (χ1) is 11.4. The molecule has 24 heavy (non-hydrogen) atoms. The highest BCUT2D eigenvalue weighted by molar-refractivity contribution is 6.06. The maximum absolute atomic E-state index is 12.5. The number of anilines is 1. The van der Waals surface area contributed by atoms with Gasteiger partial charge >= 0.3 is 0 Å². The summed E-state index contributed by atoms with van der Waals surface area (Å²) in [6.07, 6.45) is -0.687. The molecule has 0 saturated carbocycles. The van der Waals surface area contributed by atoms with E-state index in [1.807, 2.05) is 6.92 Å². The monoisotopic (exact) mass is 326 g/mol. The molecule has 2 aromatic rings. The third-order valence-corrected chi connectivity index (χ3v) is 3.85. The van der Waals surface area contributed by atoms with Crippen LogP contribution in [0.4, 0.5) is 5.69 Å². The molecule has 0 aliphatic rings. The zero-order chi connectivity index (χ0) is 17.7. The average Bonchev–Trinajstić information content (AvgIpc) is 2.60. The lowest BCUT2D eigenvalue weighted by molar-refractivity contribution is 0.0802. The molecule has 0 radical (unpaired) electrons. The highest BCUT2D eigenvalue weighted by Gasteiger charge is 2.15. The quantitative estimate of drug-likeness (QED) is 0.887. The first-order valence-electron chi connectivity index (χ1n) is 7.88. The van der Waals surface area contributed by atoms with E-state index in [0.29, 0.717) is 28.9 Å². The molecule has 0 saturated heterocycles. The number of para-hydroxylation sites is 1. The molecule has 0 spiro atoms. The third kappa shape index (κ3) is 4.00. The molecule has 0 bridgehead atoms. The Morgan fingerprint density at radius 2 is 1.79 bits per heavy atom. The van der Waals surface area contributed by atoms with Gasteiger partial charge in [-0.1, -0.05) is 24.3 Å². The Balaban J connectivity index is 2.24. The fourth-order valence-electron chi connectivity index (χ4n) is 2.33. The van der Waals surface area contributed by atoms with Crippen molar-refractivity contribution in [1.82, 2.24) is 4.90 Å². The number of hydrogen-bond donors (Lipinski definition) is 2. The number of hydrogen-bond acceptors (Lipinski definition) is 3. The molecule has 5 heteroatoms. The molecule has 126 valence electrons. The van der Waals surface area contributed by atoms with Gasteiger partial charge < -0.3 is 15.3 Å². The maximum Gasteiger partial charge on any atom is 0.255 e. The van der Waals surface area contributed by atoms with Crippen molar-refractivity contribution >= 4 is 17.5 Å². The molecule has 5 nitrogen and oxygen atoms in total. The SMILES string of the molecule is CCN(C)C(=O)c1cccc(C(=O)Nc2ccccc2C(C)O)c1.